The fraction of sp³-hybridized carbons (Fsp3) is 0.238. The van der Waals surface area contributed by atoms with Crippen LogP contribution in [0.2, 0.25) is 0 Å². The summed E-state index contributed by atoms with van der Waals surface area (Å²) in [5.74, 6) is -0.181. The van der Waals surface area contributed by atoms with Crippen molar-refractivity contribution in [2.45, 2.75) is 13.5 Å². The Morgan fingerprint density at radius 1 is 1.12 bits per heavy atom. The minimum Gasteiger partial charge on any atom is -0.483 e. The number of carbonyl (C=O) groups is 2. The van der Waals surface area contributed by atoms with Crippen LogP contribution in [0.25, 0.3) is 0 Å². The van der Waals surface area contributed by atoms with Crippen molar-refractivity contribution < 1.29 is 19.0 Å². The zero-order chi connectivity index (χ0) is 22.9. The molecule has 32 heavy (non-hydrogen) atoms. The van der Waals surface area contributed by atoms with E-state index in [9.17, 15) is 9.59 Å². The molecule has 0 radical (unpaired) electrons. The molecule has 1 heterocycles. The van der Waals surface area contributed by atoms with Crippen LogP contribution in [0.5, 0.6) is 5.75 Å². The first kappa shape index (κ1) is 23.2. The lowest BCUT2D eigenvalue weighted by atomic mass is 10.2. The summed E-state index contributed by atoms with van der Waals surface area (Å²) >= 11 is 3.44. The van der Waals surface area contributed by atoms with Gasteiger partial charge in [-0.25, -0.2) is 4.63 Å². The van der Waals surface area contributed by atoms with Gasteiger partial charge in [-0.05, 0) is 47.6 Å². The van der Waals surface area contributed by atoms with E-state index >= 15 is 0 Å². The number of amides is 2. The second-order valence-electron chi connectivity index (χ2n) is 6.89. The second kappa shape index (κ2) is 11.3. The van der Waals surface area contributed by atoms with Gasteiger partial charge in [-0.3, -0.25) is 9.59 Å². The van der Waals surface area contributed by atoms with Crippen molar-refractivity contribution >= 4 is 39.2 Å². The van der Waals surface area contributed by atoms with E-state index in [0.717, 1.165) is 15.6 Å². The molecule has 0 aliphatic heterocycles. The summed E-state index contributed by atoms with van der Waals surface area (Å²) in [6.45, 7) is 3.16. The van der Waals surface area contributed by atoms with Crippen LogP contribution in [0.4, 0.5) is 11.5 Å². The molecule has 0 unspecified atom stereocenters. The smallest absolute Gasteiger partial charge is 0.277 e. The van der Waals surface area contributed by atoms with Gasteiger partial charge in [-0.15, -0.1) is 0 Å². The van der Waals surface area contributed by atoms with E-state index in [1.165, 1.54) is 0 Å². The average Bonchev–Trinajstić information content (AvgIpc) is 3.20. The molecule has 5 N–H and O–H groups in total. The number of aromatic nitrogens is 2. The molecule has 168 valence electrons. The van der Waals surface area contributed by atoms with Gasteiger partial charge in [0.05, 0.1) is 0 Å². The van der Waals surface area contributed by atoms with Gasteiger partial charge < -0.3 is 26.4 Å². The highest BCUT2D eigenvalue weighted by atomic mass is 79.9. The summed E-state index contributed by atoms with van der Waals surface area (Å²) in [5, 5.41) is 15.5. The van der Waals surface area contributed by atoms with E-state index in [1.54, 1.807) is 6.07 Å². The Hall–Kier alpha value is -3.44. The number of hydrogen-bond donors (Lipinski definition) is 4. The maximum atomic E-state index is 12.2. The molecule has 3 rings (SSSR count). The molecular formula is C21H23BrN6O4. The van der Waals surface area contributed by atoms with Crippen LogP contribution in [0.1, 0.15) is 21.6 Å². The number of carbonyl (C=O) groups excluding carboxylic acids is 2. The van der Waals surface area contributed by atoms with Crippen molar-refractivity contribution in [3.8, 4) is 5.75 Å². The molecule has 0 atom stereocenters. The van der Waals surface area contributed by atoms with Gasteiger partial charge in [0, 0.05) is 35.4 Å². The first-order valence-electron chi connectivity index (χ1n) is 9.77. The maximum absolute atomic E-state index is 12.2. The Morgan fingerprint density at radius 2 is 1.91 bits per heavy atom. The highest BCUT2D eigenvalue weighted by molar-refractivity contribution is 9.10. The molecule has 2 amide bonds. The van der Waals surface area contributed by atoms with Gasteiger partial charge in [-0.2, -0.15) is 0 Å². The summed E-state index contributed by atoms with van der Waals surface area (Å²) in [5.41, 5.74) is 8.13. The summed E-state index contributed by atoms with van der Waals surface area (Å²) < 4.78 is 11.0. The lowest BCUT2D eigenvalue weighted by molar-refractivity contribution is -0.118. The molecule has 0 fully saturated rings. The number of anilines is 2. The van der Waals surface area contributed by atoms with E-state index in [0.29, 0.717) is 31.1 Å². The van der Waals surface area contributed by atoms with E-state index in [1.807, 2.05) is 43.3 Å². The van der Waals surface area contributed by atoms with Crippen molar-refractivity contribution in [3.05, 3.63) is 63.8 Å². The molecule has 11 heteroatoms. The Balaban J connectivity index is 1.45. The highest BCUT2D eigenvalue weighted by Crippen LogP contribution is 2.23. The van der Waals surface area contributed by atoms with Crippen LogP contribution in [0.3, 0.4) is 0 Å². The number of benzene rings is 2. The third-order valence-corrected chi connectivity index (χ3v) is 4.84. The number of nitrogens with two attached hydrogens (primary N) is 1. The number of rotatable bonds is 10. The number of nitrogen functional groups attached to an aromatic ring is 1. The van der Waals surface area contributed by atoms with Crippen LogP contribution in [0.15, 0.2) is 51.6 Å². The van der Waals surface area contributed by atoms with Crippen molar-refractivity contribution in [1.82, 2.24) is 20.9 Å². The Bertz CT molecular complexity index is 1070. The van der Waals surface area contributed by atoms with Gasteiger partial charge in [0.2, 0.25) is 11.5 Å². The molecule has 0 spiro atoms. The van der Waals surface area contributed by atoms with Crippen LogP contribution < -0.4 is 26.4 Å². The monoisotopic (exact) mass is 502 g/mol. The highest BCUT2D eigenvalue weighted by Gasteiger charge is 2.15. The van der Waals surface area contributed by atoms with E-state index in [2.05, 4.69) is 46.8 Å². The SMILES string of the molecule is Cc1ccc(NC(=O)COc2ccc(Br)cc2CNCCNC(=O)c2nonc2N)cc1. The maximum Gasteiger partial charge on any atom is 0.277 e. The van der Waals surface area contributed by atoms with Gasteiger partial charge in [0.25, 0.3) is 11.8 Å². The largest absolute Gasteiger partial charge is 0.483 e. The normalized spacial score (nSPS) is 10.6. The van der Waals surface area contributed by atoms with Gasteiger partial charge in [-0.1, -0.05) is 33.6 Å². The fourth-order valence-corrected chi connectivity index (χ4v) is 3.14. The van der Waals surface area contributed by atoms with Gasteiger partial charge in [0.1, 0.15) is 5.75 Å². The molecular weight excluding hydrogens is 480 g/mol. The molecule has 0 aliphatic rings. The van der Waals surface area contributed by atoms with Crippen LogP contribution in [-0.2, 0) is 11.3 Å². The lowest BCUT2D eigenvalue weighted by Crippen LogP contribution is -2.32. The molecule has 2 aromatic carbocycles. The summed E-state index contributed by atoms with van der Waals surface area (Å²) in [4.78, 5) is 24.1. The Morgan fingerprint density at radius 3 is 2.62 bits per heavy atom. The molecule has 0 saturated heterocycles. The third-order valence-electron chi connectivity index (χ3n) is 4.35. The van der Waals surface area contributed by atoms with E-state index in [4.69, 9.17) is 10.5 Å². The molecule has 0 aliphatic carbocycles. The van der Waals surface area contributed by atoms with Gasteiger partial charge >= 0.3 is 0 Å². The van der Waals surface area contributed by atoms with Crippen molar-refractivity contribution in [3.63, 3.8) is 0 Å². The predicted molar refractivity (Wildman–Crippen MR) is 122 cm³/mol. The Kier molecular flexibility index (Phi) is 8.17. The number of nitrogens with zero attached hydrogens (tertiary/aromatic N) is 2. The summed E-state index contributed by atoms with van der Waals surface area (Å²) in [6.07, 6.45) is 0. The fourth-order valence-electron chi connectivity index (χ4n) is 2.73. The molecule has 0 saturated carbocycles. The van der Waals surface area contributed by atoms with E-state index in [-0.39, 0.29) is 24.0 Å². The molecule has 10 nitrogen and oxygen atoms in total. The van der Waals surface area contributed by atoms with Crippen molar-refractivity contribution in [2.24, 2.45) is 0 Å². The average molecular weight is 503 g/mol. The molecule has 0 bridgehead atoms. The quantitative estimate of drug-likeness (QED) is 0.309. The lowest BCUT2D eigenvalue weighted by Gasteiger charge is -2.13. The Labute approximate surface area is 193 Å². The number of hydrogen-bond acceptors (Lipinski definition) is 8. The summed E-state index contributed by atoms with van der Waals surface area (Å²) in [7, 11) is 0. The number of halogens is 1. The molecule has 3 aromatic rings. The first-order valence-corrected chi connectivity index (χ1v) is 10.6. The van der Waals surface area contributed by atoms with Crippen LogP contribution in [0, 0.1) is 6.92 Å². The first-order chi connectivity index (χ1) is 15.4. The zero-order valence-corrected chi connectivity index (χ0v) is 18.9. The van der Waals surface area contributed by atoms with Crippen molar-refractivity contribution in [1.29, 1.82) is 0 Å². The second-order valence-corrected chi connectivity index (χ2v) is 7.80. The predicted octanol–water partition coefficient (Wildman–Crippen LogP) is 2.26. The minimum absolute atomic E-state index is 0.0448. The number of nitrogens with one attached hydrogen (secondary N) is 3. The molecule has 1 aromatic heterocycles. The summed E-state index contributed by atoms with van der Waals surface area (Å²) in [6, 6.07) is 13.1. The third kappa shape index (κ3) is 6.79. The number of aryl methyl sites for hydroxylation is 1. The zero-order valence-electron chi connectivity index (χ0n) is 17.4. The van der Waals surface area contributed by atoms with E-state index < -0.39 is 5.91 Å². The van der Waals surface area contributed by atoms with Crippen LogP contribution in [-0.4, -0.2) is 41.8 Å². The minimum atomic E-state index is -0.461. The topological polar surface area (TPSA) is 144 Å². The number of ether oxygens (including phenoxy) is 1. The van der Waals surface area contributed by atoms with Crippen molar-refractivity contribution in [2.75, 3.05) is 30.7 Å². The van der Waals surface area contributed by atoms with Crippen LogP contribution >= 0.6 is 15.9 Å². The standard InChI is InChI=1S/C21H23BrN6O4/c1-13-2-5-16(6-3-13)26-18(29)12-31-17-7-4-15(22)10-14(17)11-24-8-9-25-21(30)19-20(23)28-32-27-19/h2-7,10,24H,8-9,11-12H2,1H3,(H2,23,28)(H,25,30)(H,26,29). The van der Waals surface area contributed by atoms with Gasteiger partial charge in [0.15, 0.2) is 6.61 Å².